The van der Waals surface area contributed by atoms with E-state index >= 15 is 0 Å². The van der Waals surface area contributed by atoms with E-state index in [0.717, 1.165) is 79.1 Å². The van der Waals surface area contributed by atoms with Crippen molar-refractivity contribution in [3.63, 3.8) is 0 Å². The average Bonchev–Trinajstić information content (AvgIpc) is 3.45. The smallest absolute Gasteiger partial charge is 0.222 e. The molecule has 0 N–H and O–H groups in total. The number of benzene rings is 1. The maximum absolute atomic E-state index is 12.7. The fourth-order valence-electron chi connectivity index (χ4n) is 4.27. The molecule has 1 aliphatic rings. The SMILES string of the molecule is CCc1cc2c(N3CCN(C(=O)CCCCn4nnc5ccccc54)CC3)ncnc2s1. The minimum absolute atomic E-state index is 0.240. The molecule has 4 aromatic rings. The Balaban J connectivity index is 1.11. The lowest BCUT2D eigenvalue weighted by Crippen LogP contribution is -2.49. The van der Waals surface area contributed by atoms with Crippen LogP contribution in [0.2, 0.25) is 0 Å². The third kappa shape index (κ3) is 4.17. The number of amides is 1. The summed E-state index contributed by atoms with van der Waals surface area (Å²) < 4.78 is 1.93. The molecule has 9 heteroatoms. The zero-order valence-electron chi connectivity index (χ0n) is 18.3. The minimum Gasteiger partial charge on any atom is -0.352 e. The predicted octanol–water partition coefficient (Wildman–Crippen LogP) is 3.52. The van der Waals surface area contributed by atoms with Crippen LogP contribution in [-0.2, 0) is 17.8 Å². The van der Waals surface area contributed by atoms with Crippen LogP contribution < -0.4 is 4.90 Å². The summed E-state index contributed by atoms with van der Waals surface area (Å²) in [5.74, 6) is 1.24. The van der Waals surface area contributed by atoms with E-state index in [4.69, 9.17) is 0 Å². The number of aryl methyl sites for hydroxylation is 2. The maximum atomic E-state index is 12.7. The Morgan fingerprint density at radius 2 is 1.94 bits per heavy atom. The van der Waals surface area contributed by atoms with E-state index in [1.165, 1.54) is 4.88 Å². The number of thiophene rings is 1. The van der Waals surface area contributed by atoms with Gasteiger partial charge < -0.3 is 9.80 Å². The molecular formula is C23H27N7OS. The number of carbonyl (C=O) groups excluding carboxylic acids is 1. The van der Waals surface area contributed by atoms with Gasteiger partial charge in [-0.05, 0) is 37.5 Å². The van der Waals surface area contributed by atoms with Gasteiger partial charge in [0.1, 0.15) is 22.5 Å². The number of nitrogens with zero attached hydrogens (tertiary/aromatic N) is 7. The van der Waals surface area contributed by atoms with Crippen LogP contribution in [-0.4, -0.2) is 61.9 Å². The summed E-state index contributed by atoms with van der Waals surface area (Å²) in [5, 5.41) is 9.55. The molecule has 32 heavy (non-hydrogen) atoms. The summed E-state index contributed by atoms with van der Waals surface area (Å²) in [5.41, 5.74) is 1.96. The van der Waals surface area contributed by atoms with Gasteiger partial charge in [-0.3, -0.25) is 4.79 Å². The van der Waals surface area contributed by atoms with E-state index in [-0.39, 0.29) is 5.91 Å². The lowest BCUT2D eigenvalue weighted by atomic mass is 10.2. The number of para-hydroxylation sites is 1. The quantitative estimate of drug-likeness (QED) is 0.402. The fourth-order valence-corrected chi connectivity index (χ4v) is 5.19. The number of aromatic nitrogens is 5. The van der Waals surface area contributed by atoms with E-state index in [9.17, 15) is 4.79 Å². The van der Waals surface area contributed by atoms with Gasteiger partial charge in [0.05, 0.1) is 10.9 Å². The standard InChI is InChI=1S/C23H27N7OS/c1-2-17-15-18-22(24-16-25-23(18)32-17)29-13-11-28(12-14-29)21(31)9-5-6-10-30-20-8-4-3-7-19(20)26-27-30/h3-4,7-8,15-16H,2,5-6,9-14H2,1H3. The summed E-state index contributed by atoms with van der Waals surface area (Å²) in [6.07, 6.45) is 5.01. The Bertz CT molecular complexity index is 1230. The Kier molecular flexibility index (Phi) is 5.98. The van der Waals surface area contributed by atoms with Gasteiger partial charge in [-0.25, -0.2) is 14.6 Å². The number of anilines is 1. The molecule has 0 unspecified atom stereocenters. The lowest BCUT2D eigenvalue weighted by Gasteiger charge is -2.35. The number of carbonyl (C=O) groups is 1. The summed E-state index contributed by atoms with van der Waals surface area (Å²) >= 11 is 1.74. The number of piperazine rings is 1. The van der Waals surface area contributed by atoms with Crippen molar-refractivity contribution < 1.29 is 4.79 Å². The summed E-state index contributed by atoms with van der Waals surface area (Å²) in [4.78, 5) is 28.4. The highest BCUT2D eigenvalue weighted by atomic mass is 32.1. The first-order valence-electron chi connectivity index (χ1n) is 11.3. The van der Waals surface area contributed by atoms with Gasteiger partial charge in [0.25, 0.3) is 0 Å². The molecular weight excluding hydrogens is 422 g/mol. The predicted molar refractivity (Wildman–Crippen MR) is 127 cm³/mol. The van der Waals surface area contributed by atoms with Crippen LogP contribution >= 0.6 is 11.3 Å². The second-order valence-corrected chi connectivity index (χ2v) is 9.22. The van der Waals surface area contributed by atoms with Crippen molar-refractivity contribution in [3.05, 3.63) is 41.5 Å². The summed E-state index contributed by atoms with van der Waals surface area (Å²) in [6.45, 7) is 6.04. The van der Waals surface area contributed by atoms with Crippen LogP contribution in [0.3, 0.4) is 0 Å². The van der Waals surface area contributed by atoms with Crippen LogP contribution in [0.1, 0.15) is 31.1 Å². The molecule has 1 saturated heterocycles. The Morgan fingerprint density at radius 3 is 2.78 bits per heavy atom. The van der Waals surface area contributed by atoms with Crippen LogP contribution in [0, 0.1) is 0 Å². The van der Waals surface area contributed by atoms with Crippen LogP contribution in [0.15, 0.2) is 36.7 Å². The van der Waals surface area contributed by atoms with Crippen molar-refractivity contribution in [1.29, 1.82) is 0 Å². The van der Waals surface area contributed by atoms with E-state index < -0.39 is 0 Å². The molecule has 0 bridgehead atoms. The maximum Gasteiger partial charge on any atom is 0.222 e. The second kappa shape index (κ2) is 9.20. The molecule has 4 heterocycles. The number of hydrogen-bond donors (Lipinski definition) is 0. The van der Waals surface area contributed by atoms with Crippen molar-refractivity contribution in [3.8, 4) is 0 Å². The van der Waals surface area contributed by atoms with Crippen LogP contribution in [0.25, 0.3) is 21.3 Å². The van der Waals surface area contributed by atoms with Gasteiger partial charge in [-0.1, -0.05) is 24.3 Å². The van der Waals surface area contributed by atoms with Gasteiger partial charge >= 0.3 is 0 Å². The number of hydrogen-bond acceptors (Lipinski definition) is 7. The largest absolute Gasteiger partial charge is 0.352 e. The third-order valence-corrected chi connectivity index (χ3v) is 7.26. The van der Waals surface area contributed by atoms with Crippen LogP contribution in [0.5, 0.6) is 0 Å². The van der Waals surface area contributed by atoms with E-state index in [1.807, 2.05) is 33.8 Å². The Hall–Kier alpha value is -3.07. The molecule has 3 aromatic heterocycles. The molecule has 0 atom stereocenters. The van der Waals surface area contributed by atoms with E-state index in [0.29, 0.717) is 6.42 Å². The van der Waals surface area contributed by atoms with Crippen molar-refractivity contribution in [2.75, 3.05) is 31.1 Å². The molecule has 0 spiro atoms. The molecule has 0 saturated carbocycles. The Labute approximate surface area is 190 Å². The molecule has 0 aliphatic carbocycles. The molecule has 1 aromatic carbocycles. The van der Waals surface area contributed by atoms with Gasteiger partial charge in [-0.15, -0.1) is 16.4 Å². The highest BCUT2D eigenvalue weighted by Gasteiger charge is 2.23. The van der Waals surface area contributed by atoms with Gasteiger partial charge in [0.15, 0.2) is 0 Å². The summed E-state index contributed by atoms with van der Waals surface area (Å²) in [7, 11) is 0. The zero-order chi connectivity index (χ0) is 21.9. The molecule has 1 aliphatic heterocycles. The van der Waals surface area contributed by atoms with Crippen molar-refractivity contribution in [2.24, 2.45) is 0 Å². The molecule has 8 nitrogen and oxygen atoms in total. The van der Waals surface area contributed by atoms with E-state index in [2.05, 4.69) is 38.2 Å². The minimum atomic E-state index is 0.240. The highest BCUT2D eigenvalue weighted by Crippen LogP contribution is 2.31. The second-order valence-electron chi connectivity index (χ2n) is 8.11. The van der Waals surface area contributed by atoms with Gasteiger partial charge in [-0.2, -0.15) is 0 Å². The fraction of sp³-hybridized carbons (Fsp3) is 0.435. The number of rotatable bonds is 7. The van der Waals surface area contributed by atoms with Gasteiger partial charge in [0.2, 0.25) is 5.91 Å². The van der Waals surface area contributed by atoms with Crippen LogP contribution in [0.4, 0.5) is 5.82 Å². The molecule has 1 fully saturated rings. The van der Waals surface area contributed by atoms with E-state index in [1.54, 1.807) is 17.7 Å². The summed E-state index contributed by atoms with van der Waals surface area (Å²) in [6, 6.07) is 10.2. The van der Waals surface area contributed by atoms with Gasteiger partial charge in [0, 0.05) is 44.0 Å². The monoisotopic (exact) mass is 449 g/mol. The number of fused-ring (bicyclic) bond motifs is 2. The molecule has 1 amide bonds. The molecule has 0 radical (unpaired) electrons. The molecule has 166 valence electrons. The normalized spacial score (nSPS) is 14.5. The first-order chi connectivity index (χ1) is 15.7. The zero-order valence-corrected chi connectivity index (χ0v) is 19.1. The van der Waals surface area contributed by atoms with Crippen molar-refractivity contribution >= 4 is 44.3 Å². The first kappa shape index (κ1) is 20.8. The highest BCUT2D eigenvalue weighted by molar-refractivity contribution is 7.18. The average molecular weight is 450 g/mol. The topological polar surface area (TPSA) is 80.0 Å². The number of unbranched alkanes of at least 4 members (excludes halogenated alkanes) is 1. The van der Waals surface area contributed by atoms with Crippen molar-refractivity contribution in [1.82, 2.24) is 29.9 Å². The first-order valence-corrected chi connectivity index (χ1v) is 12.1. The van der Waals surface area contributed by atoms with Crippen molar-refractivity contribution in [2.45, 2.75) is 39.2 Å². The third-order valence-electron chi connectivity index (χ3n) is 6.07. The Morgan fingerprint density at radius 1 is 1.09 bits per heavy atom. The molecule has 5 rings (SSSR count). The lowest BCUT2D eigenvalue weighted by molar-refractivity contribution is -0.131.